The molecule has 0 radical (unpaired) electrons. The molecule has 2 amide bonds. The molecule has 0 aliphatic rings. The quantitative estimate of drug-likeness (QED) is 0.725. The number of anilines is 1. The lowest BCUT2D eigenvalue weighted by molar-refractivity contribution is -0.137. The summed E-state index contributed by atoms with van der Waals surface area (Å²) >= 11 is 5.76. The van der Waals surface area contributed by atoms with Gasteiger partial charge in [-0.3, -0.25) is 9.59 Å². The maximum absolute atomic E-state index is 12.9. The van der Waals surface area contributed by atoms with E-state index in [1.54, 1.807) is 6.92 Å². The van der Waals surface area contributed by atoms with Crippen molar-refractivity contribution in [3.8, 4) is 0 Å². The number of nitrogens with one attached hydrogen (secondary N) is 2. The van der Waals surface area contributed by atoms with E-state index in [0.717, 1.165) is 18.6 Å². The van der Waals surface area contributed by atoms with E-state index < -0.39 is 23.2 Å². The monoisotopic (exact) mass is 330 g/mol. The molecule has 0 heterocycles. The first-order chi connectivity index (χ1) is 10.2. The number of hydrogen-bond donors (Lipinski definition) is 3. The van der Waals surface area contributed by atoms with Gasteiger partial charge in [-0.15, -0.1) is 0 Å². The largest absolute Gasteiger partial charge is 0.388 e. The summed E-state index contributed by atoms with van der Waals surface area (Å²) in [7, 11) is 0. The highest BCUT2D eigenvalue weighted by Gasteiger charge is 2.28. The van der Waals surface area contributed by atoms with Gasteiger partial charge >= 0.3 is 11.8 Å². The molecule has 122 valence electrons. The van der Waals surface area contributed by atoms with Crippen LogP contribution in [0.1, 0.15) is 27.2 Å². The molecule has 0 spiro atoms. The number of halogens is 2. The lowest BCUT2D eigenvalue weighted by atomic mass is 9.89. The Bertz CT molecular complexity index is 564. The lowest BCUT2D eigenvalue weighted by Gasteiger charge is -2.29. The normalized spacial score (nSPS) is 14.8. The van der Waals surface area contributed by atoms with Crippen molar-refractivity contribution in [2.75, 3.05) is 11.9 Å². The van der Waals surface area contributed by atoms with Crippen LogP contribution in [0.25, 0.3) is 0 Å². The van der Waals surface area contributed by atoms with Gasteiger partial charge in [-0.05, 0) is 31.0 Å². The van der Waals surface area contributed by atoms with Gasteiger partial charge in [0, 0.05) is 6.54 Å². The molecular weight excluding hydrogens is 311 g/mol. The first-order valence-corrected chi connectivity index (χ1v) is 7.31. The van der Waals surface area contributed by atoms with Gasteiger partial charge in [-0.1, -0.05) is 31.9 Å². The summed E-state index contributed by atoms with van der Waals surface area (Å²) in [5, 5.41) is 14.8. The first kappa shape index (κ1) is 18.4. The summed E-state index contributed by atoms with van der Waals surface area (Å²) in [6.45, 7) is 5.32. The minimum atomic E-state index is -1.11. The Morgan fingerprint density at radius 3 is 2.59 bits per heavy atom. The fourth-order valence-electron chi connectivity index (χ4n) is 1.72. The van der Waals surface area contributed by atoms with Crippen molar-refractivity contribution in [1.82, 2.24) is 5.32 Å². The van der Waals surface area contributed by atoms with E-state index in [9.17, 15) is 19.1 Å². The molecule has 0 bridgehead atoms. The summed E-state index contributed by atoms with van der Waals surface area (Å²) in [6.07, 6.45) is 0.736. The van der Waals surface area contributed by atoms with Gasteiger partial charge in [0.15, 0.2) is 0 Å². The lowest BCUT2D eigenvalue weighted by Crippen LogP contribution is -2.47. The van der Waals surface area contributed by atoms with Gasteiger partial charge in [0.05, 0.1) is 16.3 Å². The molecule has 7 heteroatoms. The predicted octanol–water partition coefficient (Wildman–Crippen LogP) is 2.33. The van der Waals surface area contributed by atoms with E-state index in [-0.39, 0.29) is 23.2 Å². The van der Waals surface area contributed by atoms with Crippen LogP contribution < -0.4 is 10.6 Å². The van der Waals surface area contributed by atoms with Crippen molar-refractivity contribution in [1.29, 1.82) is 0 Å². The number of rotatable bonds is 5. The van der Waals surface area contributed by atoms with Crippen LogP contribution in [0.4, 0.5) is 10.1 Å². The molecule has 0 saturated heterocycles. The van der Waals surface area contributed by atoms with Crippen LogP contribution in [0, 0.1) is 11.7 Å². The smallest absolute Gasteiger partial charge is 0.313 e. The van der Waals surface area contributed by atoms with Crippen LogP contribution in [0.3, 0.4) is 0 Å². The van der Waals surface area contributed by atoms with Crippen LogP contribution in [-0.4, -0.2) is 29.1 Å². The second-order valence-corrected chi connectivity index (χ2v) is 5.83. The molecule has 0 aliphatic carbocycles. The Kier molecular flexibility index (Phi) is 6.32. The summed E-state index contributed by atoms with van der Waals surface area (Å²) in [5.41, 5.74) is -0.977. The van der Waals surface area contributed by atoms with Crippen molar-refractivity contribution in [3.05, 3.63) is 29.0 Å². The maximum Gasteiger partial charge on any atom is 0.313 e. The Hall–Kier alpha value is -1.66. The van der Waals surface area contributed by atoms with E-state index in [0.29, 0.717) is 0 Å². The molecule has 1 aromatic carbocycles. The molecule has 0 unspecified atom stereocenters. The topological polar surface area (TPSA) is 78.4 Å². The summed E-state index contributed by atoms with van der Waals surface area (Å²) in [6, 6.07) is 3.41. The standard InChI is InChI=1S/C15H20ClFN2O3/c1-4-9(2)15(3,22)8-18-13(20)14(21)19-12-6-5-10(17)7-11(12)16/h5-7,9,22H,4,8H2,1-3H3,(H,18,20)(H,19,21)/t9-,15+/m0/s1. The van der Waals surface area contributed by atoms with Crippen LogP contribution >= 0.6 is 11.6 Å². The highest BCUT2D eigenvalue weighted by molar-refractivity contribution is 6.41. The summed E-state index contributed by atoms with van der Waals surface area (Å²) in [5.74, 6) is -2.42. The number of hydrogen-bond acceptors (Lipinski definition) is 3. The van der Waals surface area contributed by atoms with Gasteiger partial charge in [0.1, 0.15) is 5.82 Å². The number of aliphatic hydroxyl groups is 1. The van der Waals surface area contributed by atoms with E-state index in [4.69, 9.17) is 11.6 Å². The van der Waals surface area contributed by atoms with Gasteiger partial charge in [0.2, 0.25) is 0 Å². The zero-order chi connectivity index (χ0) is 16.9. The molecule has 0 aromatic heterocycles. The van der Waals surface area contributed by atoms with Crippen molar-refractivity contribution < 1.29 is 19.1 Å². The molecule has 1 aromatic rings. The zero-order valence-corrected chi connectivity index (χ0v) is 13.5. The third-order valence-corrected chi connectivity index (χ3v) is 3.98. The van der Waals surface area contributed by atoms with Crippen molar-refractivity contribution in [2.45, 2.75) is 32.8 Å². The van der Waals surface area contributed by atoms with Gasteiger partial charge < -0.3 is 15.7 Å². The van der Waals surface area contributed by atoms with Crippen molar-refractivity contribution in [3.63, 3.8) is 0 Å². The molecule has 22 heavy (non-hydrogen) atoms. The molecule has 0 saturated carbocycles. The maximum atomic E-state index is 12.9. The highest BCUT2D eigenvalue weighted by atomic mass is 35.5. The van der Waals surface area contributed by atoms with E-state index in [1.165, 1.54) is 6.07 Å². The van der Waals surface area contributed by atoms with E-state index >= 15 is 0 Å². The first-order valence-electron chi connectivity index (χ1n) is 6.94. The molecule has 5 nitrogen and oxygen atoms in total. The minimum Gasteiger partial charge on any atom is -0.388 e. The van der Waals surface area contributed by atoms with Crippen molar-refractivity contribution >= 4 is 29.1 Å². The number of benzene rings is 1. The second-order valence-electron chi connectivity index (χ2n) is 5.43. The van der Waals surface area contributed by atoms with Crippen LogP contribution in [0.5, 0.6) is 0 Å². The minimum absolute atomic E-state index is 0.00671. The molecule has 2 atom stereocenters. The fourth-order valence-corrected chi connectivity index (χ4v) is 1.94. The molecule has 0 aliphatic heterocycles. The molecule has 3 N–H and O–H groups in total. The molecule has 1 rings (SSSR count). The molecule has 0 fully saturated rings. The average Bonchev–Trinajstić information content (AvgIpc) is 2.46. The van der Waals surface area contributed by atoms with E-state index in [1.807, 2.05) is 13.8 Å². The van der Waals surface area contributed by atoms with E-state index in [2.05, 4.69) is 10.6 Å². The van der Waals surface area contributed by atoms with Crippen molar-refractivity contribution in [2.24, 2.45) is 5.92 Å². The zero-order valence-electron chi connectivity index (χ0n) is 12.7. The third-order valence-electron chi connectivity index (χ3n) is 3.67. The molecular formula is C15H20ClFN2O3. The fraction of sp³-hybridized carbons (Fsp3) is 0.467. The Labute approximate surface area is 133 Å². The third kappa shape index (κ3) is 4.96. The second kappa shape index (κ2) is 7.56. The van der Waals surface area contributed by atoms with Gasteiger partial charge in [0.25, 0.3) is 0 Å². The highest BCUT2D eigenvalue weighted by Crippen LogP contribution is 2.22. The summed E-state index contributed by atoms with van der Waals surface area (Å²) in [4.78, 5) is 23.5. The SMILES string of the molecule is CC[C@H](C)[C@](C)(O)CNC(=O)C(=O)Nc1ccc(F)cc1Cl. The number of carbonyl (C=O) groups excluding carboxylic acids is 2. The van der Waals surface area contributed by atoms with Crippen LogP contribution in [0.2, 0.25) is 5.02 Å². The van der Waals surface area contributed by atoms with Gasteiger partial charge in [-0.25, -0.2) is 4.39 Å². The van der Waals surface area contributed by atoms with Crippen LogP contribution in [-0.2, 0) is 9.59 Å². The predicted molar refractivity (Wildman–Crippen MR) is 83.1 cm³/mol. The Morgan fingerprint density at radius 1 is 1.41 bits per heavy atom. The number of carbonyl (C=O) groups is 2. The average molecular weight is 331 g/mol. The Balaban J connectivity index is 2.61. The summed E-state index contributed by atoms with van der Waals surface area (Å²) < 4.78 is 12.9. The number of amides is 2. The Morgan fingerprint density at radius 2 is 2.05 bits per heavy atom. The van der Waals surface area contributed by atoms with Crippen LogP contribution in [0.15, 0.2) is 18.2 Å². The van der Waals surface area contributed by atoms with Gasteiger partial charge in [-0.2, -0.15) is 0 Å².